The van der Waals surface area contributed by atoms with Gasteiger partial charge in [0.2, 0.25) is 0 Å². The number of aromatic nitrogens is 3. The summed E-state index contributed by atoms with van der Waals surface area (Å²) in [6, 6.07) is 31.7. The second-order valence-corrected chi connectivity index (χ2v) is 9.07. The summed E-state index contributed by atoms with van der Waals surface area (Å²) in [6.45, 7) is 3.89. The van der Waals surface area contributed by atoms with Gasteiger partial charge < -0.3 is 4.90 Å². The topological polar surface area (TPSA) is 41.9 Å². The molecule has 0 bridgehead atoms. The lowest BCUT2D eigenvalue weighted by molar-refractivity contribution is 0.720. The lowest BCUT2D eigenvalue weighted by Crippen LogP contribution is -2.31. The number of hydrogen-bond donors (Lipinski definition) is 0. The van der Waals surface area contributed by atoms with Crippen molar-refractivity contribution >= 4 is 5.82 Å². The van der Waals surface area contributed by atoms with E-state index in [9.17, 15) is 0 Å². The van der Waals surface area contributed by atoms with E-state index in [1.807, 2.05) is 30.6 Å². The van der Waals surface area contributed by atoms with E-state index in [1.54, 1.807) is 0 Å². The quantitative estimate of drug-likeness (QED) is 0.301. The first-order valence-electron chi connectivity index (χ1n) is 12.0. The molecule has 2 aromatic heterocycles. The number of pyridine rings is 1. The number of fused-ring (bicyclic) bond motifs is 1. The van der Waals surface area contributed by atoms with Gasteiger partial charge in [0.15, 0.2) is 5.82 Å². The summed E-state index contributed by atoms with van der Waals surface area (Å²) < 4.78 is 0. The van der Waals surface area contributed by atoms with Crippen LogP contribution in [0, 0.1) is 6.92 Å². The minimum Gasteiger partial charge on any atom is -0.352 e. The molecule has 0 atom stereocenters. The third kappa shape index (κ3) is 4.43. The van der Waals surface area contributed by atoms with Gasteiger partial charge >= 0.3 is 0 Å². The largest absolute Gasteiger partial charge is 0.352 e. The number of benzene rings is 3. The minimum absolute atomic E-state index is 0.734. The molecule has 3 aromatic carbocycles. The van der Waals surface area contributed by atoms with Crippen molar-refractivity contribution in [3.8, 4) is 33.8 Å². The number of nitrogens with zero attached hydrogens (tertiary/aromatic N) is 4. The first-order chi connectivity index (χ1) is 17.2. The maximum Gasteiger partial charge on any atom is 0.162 e. The van der Waals surface area contributed by atoms with Crippen molar-refractivity contribution in [1.29, 1.82) is 0 Å². The Labute approximate surface area is 206 Å². The van der Waals surface area contributed by atoms with Crippen LogP contribution in [0.15, 0.2) is 103 Å². The van der Waals surface area contributed by atoms with Gasteiger partial charge in [-0.15, -0.1) is 0 Å². The van der Waals surface area contributed by atoms with Crippen molar-refractivity contribution in [2.45, 2.75) is 19.9 Å². The summed E-state index contributed by atoms with van der Waals surface area (Å²) >= 11 is 0. The minimum atomic E-state index is 0.734. The van der Waals surface area contributed by atoms with Gasteiger partial charge in [0, 0.05) is 48.2 Å². The maximum atomic E-state index is 5.01. The van der Waals surface area contributed by atoms with E-state index in [-0.39, 0.29) is 0 Å². The van der Waals surface area contributed by atoms with Crippen molar-refractivity contribution in [1.82, 2.24) is 15.0 Å². The molecule has 0 N–H and O–H groups in total. The van der Waals surface area contributed by atoms with Crippen molar-refractivity contribution in [2.75, 3.05) is 11.4 Å². The highest BCUT2D eigenvalue weighted by Gasteiger charge is 2.19. The molecule has 0 unspecified atom stereocenters. The van der Waals surface area contributed by atoms with E-state index < -0.39 is 0 Å². The zero-order valence-electron chi connectivity index (χ0n) is 19.7. The lowest BCUT2D eigenvalue weighted by atomic mass is 10.00. The molecule has 0 saturated heterocycles. The molecular formula is C31H26N4. The van der Waals surface area contributed by atoms with Gasteiger partial charge in [-0.25, -0.2) is 9.97 Å². The Kier molecular flexibility index (Phi) is 5.55. The van der Waals surface area contributed by atoms with Crippen molar-refractivity contribution < 1.29 is 0 Å². The Morgan fingerprint density at radius 3 is 2.23 bits per heavy atom. The van der Waals surface area contributed by atoms with Gasteiger partial charge in [-0.05, 0) is 36.1 Å². The molecule has 0 spiro atoms. The zero-order chi connectivity index (χ0) is 23.6. The molecular weight excluding hydrogens is 428 g/mol. The first-order valence-corrected chi connectivity index (χ1v) is 12.0. The maximum absolute atomic E-state index is 5.01. The standard InChI is InChI=1S/C31H26N4/c1-22-11-13-24(14-12-22)27-17-28(20-32-19-27)29-18-30(34-31(33-29)25-8-3-2-4-9-25)35-16-15-23-7-5-6-10-26(23)21-35/h2-14,17-20H,15-16,21H2,1H3. The summed E-state index contributed by atoms with van der Waals surface area (Å²) in [6.07, 6.45) is 4.82. The number of aryl methyl sites for hydroxylation is 1. The molecule has 0 fully saturated rings. The Morgan fingerprint density at radius 1 is 0.657 bits per heavy atom. The third-order valence-corrected chi connectivity index (χ3v) is 6.62. The van der Waals surface area contributed by atoms with Crippen molar-refractivity contribution in [3.63, 3.8) is 0 Å². The van der Waals surface area contributed by atoms with Crippen molar-refractivity contribution in [3.05, 3.63) is 120 Å². The molecule has 6 rings (SSSR count). The van der Waals surface area contributed by atoms with Crippen LogP contribution >= 0.6 is 0 Å². The summed E-state index contributed by atoms with van der Waals surface area (Å²) in [5.74, 6) is 1.68. The van der Waals surface area contributed by atoms with E-state index in [4.69, 9.17) is 9.97 Å². The van der Waals surface area contributed by atoms with E-state index in [2.05, 4.69) is 89.6 Å². The van der Waals surface area contributed by atoms with Crippen LogP contribution in [-0.4, -0.2) is 21.5 Å². The Hall–Kier alpha value is -4.31. The van der Waals surface area contributed by atoms with Crippen LogP contribution in [0.3, 0.4) is 0 Å². The monoisotopic (exact) mass is 454 g/mol. The number of hydrogen-bond acceptors (Lipinski definition) is 4. The number of anilines is 1. The predicted molar refractivity (Wildman–Crippen MR) is 142 cm³/mol. The molecule has 0 amide bonds. The van der Waals surface area contributed by atoms with Crippen LogP contribution in [0.1, 0.15) is 16.7 Å². The first kappa shape index (κ1) is 21.2. The lowest BCUT2D eigenvalue weighted by Gasteiger charge is -2.30. The van der Waals surface area contributed by atoms with Crippen LogP contribution in [0.4, 0.5) is 5.82 Å². The summed E-state index contributed by atoms with van der Waals surface area (Å²) in [5.41, 5.74) is 9.14. The Balaban J connectivity index is 1.43. The predicted octanol–water partition coefficient (Wildman–Crippen LogP) is 6.74. The van der Waals surface area contributed by atoms with Crippen LogP contribution in [0.5, 0.6) is 0 Å². The van der Waals surface area contributed by atoms with Crippen LogP contribution in [-0.2, 0) is 13.0 Å². The van der Waals surface area contributed by atoms with E-state index in [0.717, 1.165) is 59.1 Å². The Morgan fingerprint density at radius 2 is 1.40 bits per heavy atom. The van der Waals surface area contributed by atoms with Gasteiger partial charge in [0.1, 0.15) is 5.82 Å². The molecule has 4 nitrogen and oxygen atoms in total. The van der Waals surface area contributed by atoms with Gasteiger partial charge in [-0.3, -0.25) is 4.98 Å². The second kappa shape index (κ2) is 9.15. The fraction of sp³-hybridized carbons (Fsp3) is 0.129. The van der Waals surface area contributed by atoms with Crippen LogP contribution in [0.25, 0.3) is 33.8 Å². The second-order valence-electron chi connectivity index (χ2n) is 9.07. The number of rotatable bonds is 4. The van der Waals surface area contributed by atoms with Crippen LogP contribution in [0.2, 0.25) is 0 Å². The fourth-order valence-electron chi connectivity index (χ4n) is 4.64. The molecule has 1 aliphatic rings. The summed E-state index contributed by atoms with van der Waals surface area (Å²) in [5, 5.41) is 0. The molecule has 3 heterocycles. The molecule has 0 saturated carbocycles. The molecule has 1 aliphatic heterocycles. The fourth-order valence-corrected chi connectivity index (χ4v) is 4.64. The van der Waals surface area contributed by atoms with Gasteiger partial charge in [-0.1, -0.05) is 84.4 Å². The molecule has 35 heavy (non-hydrogen) atoms. The highest BCUT2D eigenvalue weighted by atomic mass is 15.2. The highest BCUT2D eigenvalue weighted by Crippen LogP contribution is 2.31. The van der Waals surface area contributed by atoms with E-state index in [0.29, 0.717) is 0 Å². The smallest absolute Gasteiger partial charge is 0.162 e. The highest BCUT2D eigenvalue weighted by molar-refractivity contribution is 5.73. The molecule has 5 aromatic rings. The van der Waals surface area contributed by atoms with Gasteiger partial charge in [0.25, 0.3) is 0 Å². The SMILES string of the molecule is Cc1ccc(-c2cncc(-c3cc(N4CCc5ccccc5C4)nc(-c4ccccc4)n3)c2)cc1. The summed E-state index contributed by atoms with van der Waals surface area (Å²) in [4.78, 5) is 16.9. The molecule has 4 heteroatoms. The van der Waals surface area contributed by atoms with E-state index >= 15 is 0 Å². The van der Waals surface area contributed by atoms with Gasteiger partial charge in [-0.2, -0.15) is 0 Å². The zero-order valence-corrected chi connectivity index (χ0v) is 19.7. The molecule has 0 radical (unpaired) electrons. The molecule has 0 aliphatic carbocycles. The third-order valence-electron chi connectivity index (χ3n) is 6.62. The average Bonchev–Trinajstić information content (AvgIpc) is 2.93. The normalized spacial score (nSPS) is 12.9. The van der Waals surface area contributed by atoms with Crippen molar-refractivity contribution in [2.24, 2.45) is 0 Å². The van der Waals surface area contributed by atoms with E-state index in [1.165, 1.54) is 16.7 Å². The van der Waals surface area contributed by atoms with Crippen LogP contribution < -0.4 is 4.90 Å². The summed E-state index contributed by atoms with van der Waals surface area (Å²) in [7, 11) is 0. The Bertz CT molecular complexity index is 1480. The van der Waals surface area contributed by atoms with Gasteiger partial charge in [0.05, 0.1) is 5.69 Å². The average molecular weight is 455 g/mol. The molecule has 170 valence electrons.